The largest absolute Gasteiger partial charge is 0.495 e. The molecule has 10 heteroatoms. The molecule has 0 spiro atoms. The van der Waals surface area contributed by atoms with E-state index in [1.165, 1.54) is 31.4 Å². The van der Waals surface area contributed by atoms with Crippen molar-refractivity contribution in [1.82, 2.24) is 9.88 Å². The van der Waals surface area contributed by atoms with Crippen LogP contribution in [0.25, 0.3) is 5.57 Å². The molecular weight excluding hydrogens is 448 g/mol. The number of methoxy groups -OCH3 is 1. The number of hydrogen-bond acceptors (Lipinski definition) is 7. The van der Waals surface area contributed by atoms with Gasteiger partial charge in [-0.1, -0.05) is 11.6 Å². The number of halogens is 1. The van der Waals surface area contributed by atoms with E-state index in [1.54, 1.807) is 42.7 Å². The minimum Gasteiger partial charge on any atom is -0.495 e. The number of anilines is 1. The number of nitro groups is 1. The van der Waals surface area contributed by atoms with E-state index < -0.39 is 16.7 Å². The highest BCUT2D eigenvalue weighted by Gasteiger charge is 2.39. The molecule has 3 aromatic rings. The zero-order chi connectivity index (χ0) is 23.5. The SMILES string of the molecule is COc1ccc(Cl)cc1NC1=C(c2ccc([N+](=O)[O-])cc2)C(=O)N(Cc2ccncc2)C1=O. The molecule has 2 heterocycles. The van der Waals surface area contributed by atoms with Crippen molar-refractivity contribution in [2.75, 3.05) is 12.4 Å². The number of ether oxygens (including phenoxy) is 1. The predicted octanol–water partition coefficient (Wildman–Crippen LogP) is 4.04. The van der Waals surface area contributed by atoms with Gasteiger partial charge in [-0.15, -0.1) is 0 Å². The fourth-order valence-electron chi connectivity index (χ4n) is 3.44. The lowest BCUT2D eigenvalue weighted by Gasteiger charge is -2.16. The summed E-state index contributed by atoms with van der Waals surface area (Å²) in [5.41, 5.74) is 1.45. The van der Waals surface area contributed by atoms with Gasteiger partial charge in [-0.3, -0.25) is 29.6 Å². The number of amides is 2. The molecule has 4 rings (SSSR count). The second-order valence-corrected chi connectivity index (χ2v) is 7.51. The first-order chi connectivity index (χ1) is 15.9. The molecule has 166 valence electrons. The third-order valence-corrected chi connectivity index (χ3v) is 5.28. The number of hydrogen-bond donors (Lipinski definition) is 1. The van der Waals surface area contributed by atoms with Crippen molar-refractivity contribution >= 4 is 40.4 Å². The van der Waals surface area contributed by atoms with E-state index in [4.69, 9.17) is 16.3 Å². The van der Waals surface area contributed by atoms with Crippen LogP contribution in [0.4, 0.5) is 11.4 Å². The van der Waals surface area contributed by atoms with Crippen LogP contribution < -0.4 is 10.1 Å². The average Bonchev–Trinajstić information content (AvgIpc) is 3.04. The van der Waals surface area contributed by atoms with Crippen LogP contribution in [-0.4, -0.2) is 33.7 Å². The van der Waals surface area contributed by atoms with Gasteiger partial charge in [0.05, 0.1) is 29.8 Å². The minimum atomic E-state index is -0.549. The van der Waals surface area contributed by atoms with Crippen molar-refractivity contribution in [3.63, 3.8) is 0 Å². The summed E-state index contributed by atoms with van der Waals surface area (Å²) in [6.07, 6.45) is 3.14. The quantitative estimate of drug-likeness (QED) is 0.318. The Hall–Kier alpha value is -4.24. The first kappa shape index (κ1) is 22.0. The Kier molecular flexibility index (Phi) is 6.05. The molecule has 2 amide bonds. The number of pyridine rings is 1. The lowest BCUT2D eigenvalue weighted by atomic mass is 10.0. The minimum absolute atomic E-state index is 0.0171. The molecule has 1 aromatic heterocycles. The number of imide groups is 1. The Morgan fingerprint density at radius 1 is 1.06 bits per heavy atom. The van der Waals surface area contributed by atoms with Gasteiger partial charge in [0, 0.05) is 29.5 Å². The number of non-ortho nitro benzene ring substituents is 1. The average molecular weight is 465 g/mol. The molecule has 0 fully saturated rings. The smallest absolute Gasteiger partial charge is 0.278 e. The third-order valence-electron chi connectivity index (χ3n) is 5.05. The van der Waals surface area contributed by atoms with Crippen molar-refractivity contribution in [2.45, 2.75) is 6.54 Å². The molecule has 0 aliphatic carbocycles. The summed E-state index contributed by atoms with van der Waals surface area (Å²) in [7, 11) is 1.47. The van der Waals surface area contributed by atoms with Crippen LogP contribution in [0.1, 0.15) is 11.1 Å². The molecule has 0 radical (unpaired) electrons. The monoisotopic (exact) mass is 464 g/mol. The summed E-state index contributed by atoms with van der Waals surface area (Å²) < 4.78 is 5.34. The maximum Gasteiger partial charge on any atom is 0.278 e. The Bertz CT molecular complexity index is 1280. The first-order valence-electron chi connectivity index (χ1n) is 9.74. The zero-order valence-corrected chi connectivity index (χ0v) is 18.1. The highest BCUT2D eigenvalue weighted by Crippen LogP contribution is 2.35. The maximum atomic E-state index is 13.4. The van der Waals surface area contributed by atoms with Crippen molar-refractivity contribution in [1.29, 1.82) is 0 Å². The highest BCUT2D eigenvalue weighted by atomic mass is 35.5. The van der Waals surface area contributed by atoms with Crippen LogP contribution in [0.3, 0.4) is 0 Å². The summed E-state index contributed by atoms with van der Waals surface area (Å²) in [4.78, 5) is 42.3. The van der Waals surface area contributed by atoms with Gasteiger partial charge < -0.3 is 10.1 Å². The summed E-state index contributed by atoms with van der Waals surface area (Å²) >= 11 is 6.12. The molecule has 33 heavy (non-hydrogen) atoms. The second-order valence-electron chi connectivity index (χ2n) is 7.08. The third kappa shape index (κ3) is 4.39. The van der Waals surface area contributed by atoms with Crippen LogP contribution in [0.5, 0.6) is 5.75 Å². The van der Waals surface area contributed by atoms with Crippen molar-refractivity contribution in [3.05, 3.63) is 99.0 Å². The van der Waals surface area contributed by atoms with E-state index in [0.29, 0.717) is 22.0 Å². The number of aromatic nitrogens is 1. The molecule has 1 aliphatic heterocycles. The number of carbonyl (C=O) groups is 2. The lowest BCUT2D eigenvalue weighted by Crippen LogP contribution is -2.32. The van der Waals surface area contributed by atoms with Gasteiger partial charge in [-0.25, -0.2) is 0 Å². The lowest BCUT2D eigenvalue weighted by molar-refractivity contribution is -0.384. The molecule has 2 aromatic carbocycles. The maximum absolute atomic E-state index is 13.4. The number of nitrogens with one attached hydrogen (secondary N) is 1. The number of rotatable bonds is 7. The Labute approximate surface area is 193 Å². The number of nitrogens with zero attached hydrogens (tertiary/aromatic N) is 3. The van der Waals surface area contributed by atoms with Gasteiger partial charge in [0.2, 0.25) is 0 Å². The van der Waals surface area contributed by atoms with E-state index in [2.05, 4.69) is 10.3 Å². The van der Waals surface area contributed by atoms with Crippen LogP contribution >= 0.6 is 11.6 Å². The van der Waals surface area contributed by atoms with Crippen LogP contribution in [0.2, 0.25) is 5.02 Å². The number of benzene rings is 2. The molecule has 0 atom stereocenters. The van der Waals surface area contributed by atoms with E-state index in [0.717, 1.165) is 10.5 Å². The van der Waals surface area contributed by atoms with Gasteiger partial charge in [-0.2, -0.15) is 0 Å². The fourth-order valence-corrected chi connectivity index (χ4v) is 3.61. The topological polar surface area (TPSA) is 115 Å². The van der Waals surface area contributed by atoms with Gasteiger partial charge in [0.15, 0.2) is 0 Å². The molecule has 1 aliphatic rings. The Balaban J connectivity index is 1.79. The molecule has 0 saturated heterocycles. The van der Waals surface area contributed by atoms with E-state index in [9.17, 15) is 19.7 Å². The summed E-state index contributed by atoms with van der Waals surface area (Å²) in [6.45, 7) is 0.0362. The summed E-state index contributed by atoms with van der Waals surface area (Å²) in [5.74, 6) is -0.663. The van der Waals surface area contributed by atoms with Crippen LogP contribution in [-0.2, 0) is 16.1 Å². The molecular formula is C23H17ClN4O5. The van der Waals surface area contributed by atoms with Crippen molar-refractivity contribution in [3.8, 4) is 5.75 Å². The van der Waals surface area contributed by atoms with Gasteiger partial charge in [-0.05, 0) is 53.6 Å². The molecule has 0 bridgehead atoms. The standard InChI is InChI=1S/C23H17ClN4O5/c1-33-19-7-4-16(24)12-18(19)26-21-20(15-2-5-17(6-3-15)28(31)32)22(29)27(23(21)30)13-14-8-10-25-11-9-14/h2-12,26H,13H2,1H3. The highest BCUT2D eigenvalue weighted by molar-refractivity contribution is 6.36. The van der Waals surface area contributed by atoms with Gasteiger partial charge in [0.1, 0.15) is 11.4 Å². The van der Waals surface area contributed by atoms with Crippen LogP contribution in [0.15, 0.2) is 72.7 Å². The normalized spacial score (nSPS) is 13.5. The Morgan fingerprint density at radius 3 is 2.39 bits per heavy atom. The zero-order valence-electron chi connectivity index (χ0n) is 17.3. The van der Waals surface area contributed by atoms with Crippen molar-refractivity contribution in [2.24, 2.45) is 0 Å². The molecule has 0 saturated carbocycles. The van der Waals surface area contributed by atoms with E-state index in [1.807, 2.05) is 0 Å². The molecule has 0 unspecified atom stereocenters. The number of nitro benzene ring substituents is 1. The fraction of sp³-hybridized carbons (Fsp3) is 0.0870. The number of carbonyl (C=O) groups excluding carboxylic acids is 2. The summed E-state index contributed by atoms with van der Waals surface area (Å²) in [5, 5.41) is 14.4. The van der Waals surface area contributed by atoms with E-state index >= 15 is 0 Å². The Morgan fingerprint density at radius 2 is 1.76 bits per heavy atom. The van der Waals surface area contributed by atoms with Crippen molar-refractivity contribution < 1.29 is 19.2 Å². The van der Waals surface area contributed by atoms with E-state index in [-0.39, 0.29) is 23.5 Å². The first-order valence-corrected chi connectivity index (χ1v) is 10.1. The van der Waals surface area contributed by atoms with Gasteiger partial charge >= 0.3 is 0 Å². The second kappa shape index (κ2) is 9.09. The summed E-state index contributed by atoms with van der Waals surface area (Å²) in [6, 6.07) is 13.7. The molecule has 9 nitrogen and oxygen atoms in total. The molecule has 1 N–H and O–H groups in total. The predicted molar refractivity (Wildman–Crippen MR) is 121 cm³/mol. The van der Waals surface area contributed by atoms with Crippen LogP contribution in [0, 0.1) is 10.1 Å². The van der Waals surface area contributed by atoms with Gasteiger partial charge in [0.25, 0.3) is 17.5 Å².